The minimum absolute atomic E-state index is 0.0145. The lowest BCUT2D eigenvalue weighted by atomic mass is 9.74. The van der Waals surface area contributed by atoms with Gasteiger partial charge in [-0.15, -0.1) is 0 Å². The highest BCUT2D eigenvalue weighted by Crippen LogP contribution is 2.48. The average molecular weight is 569 g/mol. The number of benzene rings is 3. The zero-order valence-electron chi connectivity index (χ0n) is 22.8. The van der Waals surface area contributed by atoms with Crippen LogP contribution >= 0.6 is 11.8 Å². The molecule has 0 saturated heterocycles. The molecule has 1 aliphatic carbocycles. The van der Waals surface area contributed by atoms with Crippen LogP contribution in [0, 0.1) is 41.1 Å². The standard InChI is InChI=1S/C32H29FN4O3S/c1-19-13-20(2)24(14-22(19)18-41-17-21-7-4-3-5-8-21)30-25(16-34)32(35)36(27-9-6-10-29(38)31(27)30)26-12-11-23(33)15-28(26)37(39)40/h3-5,7-8,11-15,30H,6,9-10,17-18,35H2,1-2H3. The normalized spacial score (nSPS) is 17.0. The number of allylic oxidation sites excluding steroid dienone is 3. The first-order valence-electron chi connectivity index (χ1n) is 13.3. The topological polar surface area (TPSA) is 113 Å². The minimum atomic E-state index is -0.764. The Morgan fingerprint density at radius 1 is 1.10 bits per heavy atom. The highest BCUT2D eigenvalue weighted by Gasteiger charge is 2.42. The zero-order valence-corrected chi connectivity index (χ0v) is 23.6. The van der Waals surface area contributed by atoms with Gasteiger partial charge in [0.1, 0.15) is 17.3 Å². The number of halogens is 1. The van der Waals surface area contributed by atoms with Crippen LogP contribution in [-0.4, -0.2) is 10.7 Å². The van der Waals surface area contributed by atoms with Crippen molar-refractivity contribution in [2.75, 3.05) is 4.90 Å². The van der Waals surface area contributed by atoms with E-state index in [9.17, 15) is 24.6 Å². The van der Waals surface area contributed by atoms with E-state index in [-0.39, 0.29) is 22.9 Å². The lowest BCUT2D eigenvalue weighted by Crippen LogP contribution is -2.39. The van der Waals surface area contributed by atoms with Crippen molar-refractivity contribution in [2.24, 2.45) is 5.73 Å². The van der Waals surface area contributed by atoms with Crippen LogP contribution in [0.1, 0.15) is 53.0 Å². The Morgan fingerprint density at radius 3 is 2.56 bits per heavy atom. The fourth-order valence-electron chi connectivity index (χ4n) is 5.74. The summed E-state index contributed by atoms with van der Waals surface area (Å²) in [6.07, 6.45) is 1.29. The van der Waals surface area contributed by atoms with Crippen molar-refractivity contribution in [3.05, 3.63) is 127 Å². The van der Waals surface area contributed by atoms with Gasteiger partial charge in [-0.3, -0.25) is 19.8 Å². The summed E-state index contributed by atoms with van der Waals surface area (Å²) in [5.74, 6) is 0.0296. The summed E-state index contributed by atoms with van der Waals surface area (Å²) in [5, 5.41) is 22.3. The first-order chi connectivity index (χ1) is 19.7. The Bertz CT molecular complexity index is 1660. The van der Waals surface area contributed by atoms with E-state index in [0.29, 0.717) is 30.5 Å². The summed E-state index contributed by atoms with van der Waals surface area (Å²) in [7, 11) is 0. The SMILES string of the molecule is Cc1cc(C)c(C2C(C#N)=C(N)N(c3ccc(F)cc3[N+](=O)[O-])C3=C2C(=O)CCC3)cc1CSCc1ccccc1. The van der Waals surface area contributed by atoms with Gasteiger partial charge >= 0.3 is 0 Å². The first-order valence-corrected chi connectivity index (χ1v) is 14.5. The van der Waals surface area contributed by atoms with Gasteiger partial charge in [0.25, 0.3) is 5.69 Å². The lowest BCUT2D eigenvalue weighted by Gasteiger charge is -2.39. The summed E-state index contributed by atoms with van der Waals surface area (Å²) in [4.78, 5) is 26.2. The van der Waals surface area contributed by atoms with E-state index in [2.05, 4.69) is 37.3 Å². The maximum absolute atomic E-state index is 14.0. The van der Waals surface area contributed by atoms with Crippen LogP contribution in [0.4, 0.5) is 15.8 Å². The van der Waals surface area contributed by atoms with E-state index in [4.69, 9.17) is 5.73 Å². The number of nitriles is 1. The maximum Gasteiger partial charge on any atom is 0.296 e. The molecule has 0 bridgehead atoms. The van der Waals surface area contributed by atoms with E-state index in [1.165, 1.54) is 16.5 Å². The Morgan fingerprint density at radius 2 is 1.85 bits per heavy atom. The van der Waals surface area contributed by atoms with Crippen LogP contribution in [0.3, 0.4) is 0 Å². The number of carbonyl (C=O) groups is 1. The molecular weight excluding hydrogens is 539 g/mol. The summed E-state index contributed by atoms with van der Waals surface area (Å²) < 4.78 is 14.0. The number of nitro benzene ring substituents is 1. The number of nitro groups is 1. The van der Waals surface area contributed by atoms with Crippen molar-refractivity contribution in [3.8, 4) is 6.07 Å². The summed E-state index contributed by atoms with van der Waals surface area (Å²) in [6, 6.07) is 19.8. The molecule has 3 aromatic carbocycles. The third-order valence-corrected chi connectivity index (χ3v) is 8.75. The highest BCUT2D eigenvalue weighted by atomic mass is 32.2. The zero-order chi connectivity index (χ0) is 29.3. The molecule has 7 nitrogen and oxygen atoms in total. The lowest BCUT2D eigenvalue weighted by molar-refractivity contribution is -0.384. The van der Waals surface area contributed by atoms with Gasteiger partial charge in [0.15, 0.2) is 5.78 Å². The third kappa shape index (κ3) is 5.35. The fourth-order valence-corrected chi connectivity index (χ4v) is 6.80. The molecule has 2 N–H and O–H groups in total. The molecule has 0 aromatic heterocycles. The van der Waals surface area contributed by atoms with Crippen molar-refractivity contribution in [3.63, 3.8) is 0 Å². The first kappa shape index (κ1) is 28.1. The van der Waals surface area contributed by atoms with Crippen molar-refractivity contribution < 1.29 is 14.1 Å². The monoisotopic (exact) mass is 568 g/mol. The van der Waals surface area contributed by atoms with E-state index in [1.807, 2.05) is 25.1 Å². The van der Waals surface area contributed by atoms with Gasteiger partial charge in [-0.1, -0.05) is 42.5 Å². The van der Waals surface area contributed by atoms with Gasteiger partial charge < -0.3 is 5.73 Å². The molecule has 3 aromatic rings. The average Bonchev–Trinajstić information content (AvgIpc) is 2.95. The summed E-state index contributed by atoms with van der Waals surface area (Å²) in [6.45, 7) is 4.01. The quantitative estimate of drug-likeness (QED) is 0.239. The predicted octanol–water partition coefficient (Wildman–Crippen LogP) is 7.09. The number of carbonyl (C=O) groups excluding carboxylic acids is 1. The molecule has 0 spiro atoms. The summed E-state index contributed by atoms with van der Waals surface area (Å²) >= 11 is 1.78. The van der Waals surface area contributed by atoms with Crippen molar-refractivity contribution in [1.82, 2.24) is 0 Å². The predicted molar refractivity (Wildman–Crippen MR) is 158 cm³/mol. The minimum Gasteiger partial charge on any atom is -0.384 e. The van der Waals surface area contributed by atoms with Gasteiger partial charge in [-0.25, -0.2) is 4.39 Å². The molecule has 0 fully saturated rings. The molecule has 0 amide bonds. The van der Waals surface area contributed by atoms with Crippen molar-refractivity contribution >= 4 is 28.9 Å². The number of aryl methyl sites for hydroxylation is 2. The van der Waals surface area contributed by atoms with E-state index >= 15 is 0 Å². The number of nitrogens with two attached hydrogens (primary N) is 1. The van der Waals surface area contributed by atoms with Crippen LogP contribution in [0.15, 0.2) is 83.3 Å². The smallest absolute Gasteiger partial charge is 0.296 e. The van der Waals surface area contributed by atoms with Gasteiger partial charge in [0.05, 0.1) is 28.5 Å². The molecule has 208 valence electrons. The summed E-state index contributed by atoms with van der Waals surface area (Å²) in [5.41, 5.74) is 12.5. The molecule has 1 aliphatic heterocycles. The largest absolute Gasteiger partial charge is 0.384 e. The van der Waals surface area contributed by atoms with Crippen molar-refractivity contribution in [2.45, 2.75) is 50.5 Å². The van der Waals surface area contributed by atoms with Gasteiger partial charge in [-0.05, 0) is 66.6 Å². The highest BCUT2D eigenvalue weighted by molar-refractivity contribution is 7.97. The molecule has 2 aliphatic rings. The number of anilines is 1. The molecular formula is C32H29FN4O3S. The number of thioether (sulfide) groups is 1. The fraction of sp³-hybridized carbons (Fsp3) is 0.250. The molecule has 0 saturated carbocycles. The van der Waals surface area contributed by atoms with Crippen LogP contribution in [0.2, 0.25) is 0 Å². The number of rotatable bonds is 7. The molecule has 9 heteroatoms. The molecule has 1 unspecified atom stereocenters. The second-order valence-electron chi connectivity index (χ2n) is 10.3. The van der Waals surface area contributed by atoms with Crippen LogP contribution in [-0.2, 0) is 16.3 Å². The van der Waals surface area contributed by atoms with Gasteiger partial charge in [0, 0.05) is 29.2 Å². The number of hydrogen-bond donors (Lipinski definition) is 1. The molecule has 1 atom stereocenters. The molecule has 41 heavy (non-hydrogen) atoms. The van der Waals surface area contributed by atoms with Crippen LogP contribution in [0.25, 0.3) is 0 Å². The Balaban J connectivity index is 1.62. The number of ketones is 1. The Kier molecular flexibility index (Phi) is 7.95. The Labute approximate surface area is 242 Å². The maximum atomic E-state index is 14.0. The van der Waals surface area contributed by atoms with E-state index < -0.39 is 22.3 Å². The molecule has 1 heterocycles. The molecule has 5 rings (SSSR count). The van der Waals surface area contributed by atoms with Gasteiger partial charge in [-0.2, -0.15) is 17.0 Å². The number of nitrogens with zero attached hydrogens (tertiary/aromatic N) is 3. The second kappa shape index (κ2) is 11.6. The Hall–Kier alpha value is -4.42. The molecule has 0 radical (unpaired) electrons. The van der Waals surface area contributed by atoms with E-state index in [0.717, 1.165) is 45.9 Å². The van der Waals surface area contributed by atoms with Crippen LogP contribution in [0.5, 0.6) is 0 Å². The number of hydrogen-bond acceptors (Lipinski definition) is 7. The third-order valence-electron chi connectivity index (χ3n) is 7.69. The number of Topliss-reactive ketones (excluding diaryl/α,β-unsaturated/α-hetero) is 1. The van der Waals surface area contributed by atoms with Crippen LogP contribution < -0.4 is 10.6 Å². The van der Waals surface area contributed by atoms with Gasteiger partial charge in [0.2, 0.25) is 0 Å². The van der Waals surface area contributed by atoms with E-state index in [1.54, 1.807) is 11.8 Å². The second-order valence-corrected chi connectivity index (χ2v) is 11.3. The van der Waals surface area contributed by atoms with Crippen molar-refractivity contribution in [1.29, 1.82) is 5.26 Å².